The van der Waals surface area contributed by atoms with E-state index in [1.807, 2.05) is 6.07 Å². The number of rotatable bonds is 1. The molecule has 2 N–H and O–H groups in total. The third-order valence-electron chi connectivity index (χ3n) is 2.66. The first kappa shape index (κ1) is 8.11. The maximum atomic E-state index is 5.70. The van der Waals surface area contributed by atoms with Crippen molar-refractivity contribution in [2.24, 2.45) is 0 Å². The minimum absolute atomic E-state index is 0.820. The van der Waals surface area contributed by atoms with Crippen molar-refractivity contribution >= 4 is 16.3 Å². The molecular weight excluding hydrogens is 166 g/mol. The third-order valence-corrected chi connectivity index (χ3v) is 3.73. The van der Waals surface area contributed by atoms with E-state index in [1.54, 1.807) is 11.3 Å². The summed E-state index contributed by atoms with van der Waals surface area (Å²) in [5, 5.41) is 0.968. The van der Waals surface area contributed by atoms with Crippen molar-refractivity contribution in [3.63, 3.8) is 0 Å². The largest absolute Gasteiger partial charge is 0.391 e. The number of thiophene rings is 1. The molecule has 1 aromatic heterocycles. The van der Waals surface area contributed by atoms with Gasteiger partial charge < -0.3 is 5.73 Å². The first-order valence-corrected chi connectivity index (χ1v) is 5.53. The highest BCUT2D eigenvalue weighted by molar-refractivity contribution is 7.15. The Labute approximate surface area is 77.6 Å². The molecule has 0 unspecified atom stereocenters. The van der Waals surface area contributed by atoms with Gasteiger partial charge in [-0.2, -0.15) is 0 Å². The second-order valence-electron chi connectivity index (χ2n) is 3.58. The van der Waals surface area contributed by atoms with Crippen molar-refractivity contribution in [1.82, 2.24) is 0 Å². The van der Waals surface area contributed by atoms with Crippen LogP contribution in [0.4, 0.5) is 5.00 Å². The third kappa shape index (κ3) is 1.63. The predicted molar refractivity (Wildman–Crippen MR) is 54.6 cm³/mol. The van der Waals surface area contributed by atoms with Crippen LogP contribution in [0.2, 0.25) is 0 Å². The summed E-state index contributed by atoms with van der Waals surface area (Å²) >= 11 is 1.77. The molecule has 0 saturated heterocycles. The van der Waals surface area contributed by atoms with E-state index in [2.05, 4.69) is 6.07 Å². The van der Waals surface area contributed by atoms with E-state index in [-0.39, 0.29) is 0 Å². The zero-order chi connectivity index (χ0) is 8.39. The fourth-order valence-corrected chi connectivity index (χ4v) is 2.92. The van der Waals surface area contributed by atoms with Gasteiger partial charge in [0.15, 0.2) is 0 Å². The summed E-state index contributed by atoms with van der Waals surface area (Å²) in [4.78, 5) is 1.51. The molecule has 0 radical (unpaired) electrons. The summed E-state index contributed by atoms with van der Waals surface area (Å²) in [6.07, 6.45) is 6.99. The van der Waals surface area contributed by atoms with E-state index in [0.29, 0.717) is 0 Å². The van der Waals surface area contributed by atoms with Gasteiger partial charge in [0.25, 0.3) is 0 Å². The van der Waals surface area contributed by atoms with Gasteiger partial charge >= 0.3 is 0 Å². The smallest absolute Gasteiger partial charge is 0.0859 e. The van der Waals surface area contributed by atoms with Crippen molar-refractivity contribution in [2.75, 3.05) is 5.73 Å². The Morgan fingerprint density at radius 1 is 1.17 bits per heavy atom. The fraction of sp³-hybridized carbons (Fsp3) is 0.600. The Kier molecular flexibility index (Phi) is 2.35. The van der Waals surface area contributed by atoms with Gasteiger partial charge in [-0.3, -0.25) is 0 Å². The maximum Gasteiger partial charge on any atom is 0.0859 e. The lowest BCUT2D eigenvalue weighted by Crippen LogP contribution is -2.02. The van der Waals surface area contributed by atoms with Crippen LogP contribution in [0.15, 0.2) is 12.1 Å². The second-order valence-corrected chi connectivity index (χ2v) is 4.72. The van der Waals surface area contributed by atoms with Crippen molar-refractivity contribution in [1.29, 1.82) is 0 Å². The average Bonchev–Trinajstić information content (AvgIpc) is 2.54. The van der Waals surface area contributed by atoms with E-state index < -0.39 is 0 Å². The first-order chi connectivity index (χ1) is 5.86. The molecule has 12 heavy (non-hydrogen) atoms. The summed E-state index contributed by atoms with van der Waals surface area (Å²) in [5.41, 5.74) is 5.70. The van der Waals surface area contributed by atoms with E-state index >= 15 is 0 Å². The number of anilines is 1. The first-order valence-electron chi connectivity index (χ1n) is 4.71. The van der Waals surface area contributed by atoms with E-state index in [1.165, 1.54) is 37.0 Å². The molecule has 0 bridgehead atoms. The lowest BCUT2D eigenvalue weighted by Gasteiger charge is -2.19. The molecule has 66 valence electrons. The van der Waals surface area contributed by atoms with E-state index in [9.17, 15) is 0 Å². The van der Waals surface area contributed by atoms with Crippen molar-refractivity contribution in [3.8, 4) is 0 Å². The summed E-state index contributed by atoms with van der Waals surface area (Å²) < 4.78 is 0. The van der Waals surface area contributed by atoms with Gasteiger partial charge in [0, 0.05) is 4.88 Å². The van der Waals surface area contributed by atoms with Gasteiger partial charge in [-0.15, -0.1) is 11.3 Å². The summed E-state index contributed by atoms with van der Waals surface area (Å²) in [7, 11) is 0. The molecule has 1 fully saturated rings. The van der Waals surface area contributed by atoms with Gasteiger partial charge in [-0.05, 0) is 30.9 Å². The zero-order valence-electron chi connectivity index (χ0n) is 7.25. The van der Waals surface area contributed by atoms with Crippen LogP contribution in [0.1, 0.15) is 42.9 Å². The molecule has 0 atom stereocenters. The minimum atomic E-state index is 0.820. The van der Waals surface area contributed by atoms with Crippen LogP contribution >= 0.6 is 11.3 Å². The van der Waals surface area contributed by atoms with Crippen molar-refractivity contribution in [2.45, 2.75) is 38.0 Å². The SMILES string of the molecule is Nc1ccc(C2CCCCC2)s1. The van der Waals surface area contributed by atoms with Crippen LogP contribution in [0.5, 0.6) is 0 Å². The van der Waals surface area contributed by atoms with Gasteiger partial charge in [0.05, 0.1) is 5.00 Å². The van der Waals surface area contributed by atoms with Crippen molar-refractivity contribution in [3.05, 3.63) is 17.0 Å². The molecule has 0 aliphatic heterocycles. The molecule has 1 heterocycles. The van der Waals surface area contributed by atoms with Crippen LogP contribution in [-0.2, 0) is 0 Å². The highest BCUT2D eigenvalue weighted by Crippen LogP contribution is 2.36. The number of hydrogen-bond donors (Lipinski definition) is 1. The Hall–Kier alpha value is -0.500. The molecule has 0 amide bonds. The Morgan fingerprint density at radius 3 is 2.50 bits per heavy atom. The number of hydrogen-bond acceptors (Lipinski definition) is 2. The Balaban J connectivity index is 2.08. The van der Waals surface area contributed by atoms with Crippen LogP contribution in [0.25, 0.3) is 0 Å². The number of nitrogens with two attached hydrogens (primary N) is 1. The highest BCUT2D eigenvalue weighted by Gasteiger charge is 2.16. The Bertz CT molecular complexity index is 248. The fourth-order valence-electron chi connectivity index (χ4n) is 1.97. The molecule has 1 saturated carbocycles. The van der Waals surface area contributed by atoms with Crippen molar-refractivity contribution < 1.29 is 0 Å². The lowest BCUT2D eigenvalue weighted by atomic mass is 9.88. The summed E-state index contributed by atoms with van der Waals surface area (Å²) in [6.45, 7) is 0. The Morgan fingerprint density at radius 2 is 1.92 bits per heavy atom. The molecule has 1 aromatic rings. The molecule has 1 aliphatic rings. The van der Waals surface area contributed by atoms with Crippen LogP contribution < -0.4 is 5.73 Å². The molecule has 0 spiro atoms. The lowest BCUT2D eigenvalue weighted by molar-refractivity contribution is 0.448. The monoisotopic (exact) mass is 181 g/mol. The highest BCUT2D eigenvalue weighted by atomic mass is 32.1. The predicted octanol–water partition coefficient (Wildman–Crippen LogP) is 3.38. The van der Waals surface area contributed by atoms with Gasteiger partial charge in [-0.25, -0.2) is 0 Å². The number of nitrogen functional groups attached to an aromatic ring is 1. The van der Waals surface area contributed by atoms with Gasteiger partial charge in [0.2, 0.25) is 0 Å². The molecule has 1 nitrogen and oxygen atoms in total. The zero-order valence-corrected chi connectivity index (χ0v) is 8.07. The van der Waals surface area contributed by atoms with E-state index in [0.717, 1.165) is 10.9 Å². The van der Waals surface area contributed by atoms with Gasteiger partial charge in [-0.1, -0.05) is 19.3 Å². The van der Waals surface area contributed by atoms with Gasteiger partial charge in [0.1, 0.15) is 0 Å². The maximum absolute atomic E-state index is 5.70. The average molecular weight is 181 g/mol. The summed E-state index contributed by atoms with van der Waals surface area (Å²) in [6, 6.07) is 4.24. The second kappa shape index (κ2) is 3.48. The summed E-state index contributed by atoms with van der Waals surface area (Å²) in [5.74, 6) is 0.820. The van der Waals surface area contributed by atoms with Crippen LogP contribution in [-0.4, -0.2) is 0 Å². The minimum Gasteiger partial charge on any atom is -0.391 e. The molecule has 2 rings (SSSR count). The molecule has 1 aliphatic carbocycles. The standard InChI is InChI=1S/C10H15NS/c11-10-7-6-9(12-10)8-4-2-1-3-5-8/h6-8H,1-5,11H2. The van der Waals surface area contributed by atoms with Crippen LogP contribution in [0.3, 0.4) is 0 Å². The molecule has 0 aromatic carbocycles. The van der Waals surface area contributed by atoms with E-state index in [4.69, 9.17) is 5.73 Å². The van der Waals surface area contributed by atoms with Crippen LogP contribution in [0, 0.1) is 0 Å². The quantitative estimate of drug-likeness (QED) is 0.706. The molecular formula is C10H15NS. The molecule has 2 heteroatoms. The topological polar surface area (TPSA) is 26.0 Å². The normalized spacial score (nSPS) is 19.7.